The number of hydrogen-bond donors (Lipinski definition) is 1. The number of benzene rings is 1. The third kappa shape index (κ3) is 4.59. The van der Waals surface area contributed by atoms with Crippen LogP contribution in [0.5, 0.6) is 0 Å². The van der Waals surface area contributed by atoms with Gasteiger partial charge in [0.1, 0.15) is 5.25 Å². The lowest BCUT2D eigenvalue weighted by Crippen LogP contribution is -2.30. The Balaban J connectivity index is 2.90. The number of methoxy groups -OCH3 is 1. The van der Waals surface area contributed by atoms with Gasteiger partial charge in [0.15, 0.2) is 0 Å². The minimum atomic E-state index is -0.349. The predicted molar refractivity (Wildman–Crippen MR) is 76.4 cm³/mol. The normalized spacial score (nSPS) is 12.1. The predicted octanol–water partition coefficient (Wildman–Crippen LogP) is 2.48. The molecule has 0 saturated heterocycles. The highest BCUT2D eigenvalue weighted by Gasteiger charge is 2.19. The zero-order chi connectivity index (χ0) is 14.4. The van der Waals surface area contributed by atoms with Crippen LogP contribution < -0.4 is 5.32 Å². The van der Waals surface area contributed by atoms with Crippen LogP contribution >= 0.6 is 11.8 Å². The standard InChI is InChI=1S/C14H19NO3S/c1-9(2)15-13(16)11-7-5-6-8-12(11)19-10(3)14(17)18-4/h5-10H,1-4H3,(H,15,16). The summed E-state index contributed by atoms with van der Waals surface area (Å²) in [6.07, 6.45) is 0. The Morgan fingerprint density at radius 2 is 1.84 bits per heavy atom. The number of ether oxygens (including phenoxy) is 1. The first-order valence-corrected chi connectivity index (χ1v) is 6.98. The van der Waals surface area contributed by atoms with E-state index in [0.717, 1.165) is 4.90 Å². The van der Waals surface area contributed by atoms with Crippen molar-refractivity contribution < 1.29 is 14.3 Å². The molecule has 0 aromatic heterocycles. The third-order valence-electron chi connectivity index (χ3n) is 2.39. The van der Waals surface area contributed by atoms with Crippen LogP contribution in [-0.2, 0) is 9.53 Å². The van der Waals surface area contributed by atoms with Crippen LogP contribution in [0.2, 0.25) is 0 Å². The molecule has 0 aliphatic rings. The highest BCUT2D eigenvalue weighted by atomic mass is 32.2. The maximum absolute atomic E-state index is 12.1. The van der Waals surface area contributed by atoms with Crippen molar-refractivity contribution in [2.24, 2.45) is 0 Å². The van der Waals surface area contributed by atoms with Crippen molar-refractivity contribution in [1.29, 1.82) is 0 Å². The van der Waals surface area contributed by atoms with Gasteiger partial charge in [-0.15, -0.1) is 11.8 Å². The molecule has 19 heavy (non-hydrogen) atoms. The Kier molecular flexibility index (Phi) is 5.89. The Hall–Kier alpha value is -1.49. The van der Waals surface area contributed by atoms with Crippen molar-refractivity contribution in [2.45, 2.75) is 37.0 Å². The zero-order valence-electron chi connectivity index (χ0n) is 11.6. The number of nitrogens with one attached hydrogen (secondary N) is 1. The number of carbonyl (C=O) groups excluding carboxylic acids is 2. The second-order valence-corrected chi connectivity index (χ2v) is 5.79. The smallest absolute Gasteiger partial charge is 0.318 e. The SMILES string of the molecule is COC(=O)C(C)Sc1ccccc1C(=O)NC(C)C. The van der Waals surface area contributed by atoms with Crippen LogP contribution in [0.1, 0.15) is 31.1 Å². The lowest BCUT2D eigenvalue weighted by Gasteiger charge is -2.14. The summed E-state index contributed by atoms with van der Waals surface area (Å²) in [6, 6.07) is 7.31. The van der Waals surface area contributed by atoms with Crippen LogP contribution in [0.25, 0.3) is 0 Å². The summed E-state index contributed by atoms with van der Waals surface area (Å²) in [4.78, 5) is 24.3. The number of rotatable bonds is 5. The van der Waals surface area contributed by atoms with E-state index in [9.17, 15) is 9.59 Å². The summed E-state index contributed by atoms with van der Waals surface area (Å²) in [6.45, 7) is 5.57. The van der Waals surface area contributed by atoms with E-state index < -0.39 is 0 Å². The largest absolute Gasteiger partial charge is 0.468 e. The van der Waals surface area contributed by atoms with E-state index in [1.54, 1.807) is 13.0 Å². The first kappa shape index (κ1) is 15.6. The molecular weight excluding hydrogens is 262 g/mol. The highest BCUT2D eigenvalue weighted by molar-refractivity contribution is 8.00. The molecule has 104 valence electrons. The molecule has 0 radical (unpaired) electrons. The average Bonchev–Trinajstić information content (AvgIpc) is 2.37. The van der Waals surface area contributed by atoms with E-state index in [4.69, 9.17) is 0 Å². The first-order valence-electron chi connectivity index (χ1n) is 6.10. The second kappa shape index (κ2) is 7.19. The topological polar surface area (TPSA) is 55.4 Å². The quantitative estimate of drug-likeness (QED) is 0.665. The van der Waals surface area contributed by atoms with Gasteiger partial charge in [-0.3, -0.25) is 9.59 Å². The molecule has 0 fully saturated rings. The number of amides is 1. The van der Waals surface area contributed by atoms with Crippen molar-refractivity contribution in [3.05, 3.63) is 29.8 Å². The summed E-state index contributed by atoms with van der Waals surface area (Å²) in [5.41, 5.74) is 0.581. The lowest BCUT2D eigenvalue weighted by atomic mass is 10.2. The van der Waals surface area contributed by atoms with Gasteiger partial charge in [-0.05, 0) is 32.9 Å². The number of esters is 1. The van der Waals surface area contributed by atoms with E-state index >= 15 is 0 Å². The van der Waals surface area contributed by atoms with Gasteiger partial charge in [-0.2, -0.15) is 0 Å². The Bertz CT molecular complexity index is 460. The molecule has 1 aromatic carbocycles. The molecule has 1 N–H and O–H groups in total. The number of thioether (sulfide) groups is 1. The van der Waals surface area contributed by atoms with Crippen LogP contribution in [0.3, 0.4) is 0 Å². The number of carbonyl (C=O) groups is 2. The summed E-state index contributed by atoms with van der Waals surface area (Å²) in [5.74, 6) is -0.431. The molecule has 0 spiro atoms. The van der Waals surface area contributed by atoms with Crippen LogP contribution in [0, 0.1) is 0 Å². The fraction of sp³-hybridized carbons (Fsp3) is 0.429. The van der Waals surface area contributed by atoms with Gasteiger partial charge >= 0.3 is 5.97 Å². The van der Waals surface area contributed by atoms with Crippen LogP contribution in [0.4, 0.5) is 0 Å². The third-order valence-corrected chi connectivity index (χ3v) is 3.54. The number of hydrogen-bond acceptors (Lipinski definition) is 4. The zero-order valence-corrected chi connectivity index (χ0v) is 12.4. The Labute approximate surface area is 117 Å². The molecule has 1 atom stereocenters. The van der Waals surface area contributed by atoms with Crippen molar-refractivity contribution >= 4 is 23.6 Å². The summed E-state index contributed by atoms with van der Waals surface area (Å²) >= 11 is 1.32. The highest BCUT2D eigenvalue weighted by Crippen LogP contribution is 2.27. The van der Waals surface area contributed by atoms with Crippen molar-refractivity contribution in [3.8, 4) is 0 Å². The molecular formula is C14H19NO3S. The van der Waals surface area contributed by atoms with Gasteiger partial charge < -0.3 is 10.1 Å². The van der Waals surface area contributed by atoms with Gasteiger partial charge in [-0.1, -0.05) is 12.1 Å². The fourth-order valence-electron chi connectivity index (χ4n) is 1.50. The summed E-state index contributed by atoms with van der Waals surface area (Å²) in [7, 11) is 1.36. The van der Waals surface area contributed by atoms with Gasteiger partial charge in [0.2, 0.25) is 0 Å². The monoisotopic (exact) mass is 281 g/mol. The molecule has 5 heteroatoms. The van der Waals surface area contributed by atoms with Crippen molar-refractivity contribution in [3.63, 3.8) is 0 Å². The molecule has 0 heterocycles. The van der Waals surface area contributed by atoms with E-state index in [2.05, 4.69) is 10.1 Å². The van der Waals surface area contributed by atoms with Crippen LogP contribution in [-0.4, -0.2) is 30.3 Å². The second-order valence-electron chi connectivity index (χ2n) is 4.41. The molecule has 0 saturated carbocycles. The molecule has 1 aromatic rings. The molecule has 0 bridgehead atoms. The van der Waals surface area contributed by atoms with Crippen molar-refractivity contribution in [1.82, 2.24) is 5.32 Å². The molecule has 1 unspecified atom stereocenters. The van der Waals surface area contributed by atoms with Gasteiger partial charge in [0.25, 0.3) is 5.91 Å². The Morgan fingerprint density at radius 1 is 1.21 bits per heavy atom. The summed E-state index contributed by atoms with van der Waals surface area (Å²) in [5, 5.41) is 2.50. The minimum absolute atomic E-state index is 0.0728. The van der Waals surface area contributed by atoms with E-state index in [1.165, 1.54) is 18.9 Å². The van der Waals surface area contributed by atoms with E-state index in [-0.39, 0.29) is 23.2 Å². The lowest BCUT2D eigenvalue weighted by molar-refractivity contribution is -0.139. The molecule has 0 aliphatic carbocycles. The summed E-state index contributed by atoms with van der Waals surface area (Å²) < 4.78 is 4.69. The molecule has 0 aliphatic heterocycles. The van der Waals surface area contributed by atoms with Gasteiger partial charge in [0.05, 0.1) is 12.7 Å². The molecule has 4 nitrogen and oxygen atoms in total. The maximum atomic E-state index is 12.1. The first-order chi connectivity index (χ1) is 8.95. The van der Waals surface area contributed by atoms with Gasteiger partial charge in [-0.25, -0.2) is 0 Å². The minimum Gasteiger partial charge on any atom is -0.468 e. The van der Waals surface area contributed by atoms with E-state index in [1.807, 2.05) is 32.0 Å². The van der Waals surface area contributed by atoms with Crippen molar-refractivity contribution in [2.75, 3.05) is 7.11 Å². The van der Waals surface area contributed by atoms with Gasteiger partial charge in [0, 0.05) is 10.9 Å². The molecule has 1 rings (SSSR count). The maximum Gasteiger partial charge on any atom is 0.318 e. The Morgan fingerprint density at radius 3 is 2.42 bits per heavy atom. The molecule has 1 amide bonds. The average molecular weight is 281 g/mol. The fourth-order valence-corrected chi connectivity index (χ4v) is 2.52. The van der Waals surface area contributed by atoms with Crippen LogP contribution in [0.15, 0.2) is 29.2 Å². The van der Waals surface area contributed by atoms with E-state index in [0.29, 0.717) is 5.56 Å².